The fraction of sp³-hybridized carbons (Fsp3) is 0.238. The van der Waals surface area contributed by atoms with Crippen molar-refractivity contribution in [1.29, 1.82) is 0 Å². The summed E-state index contributed by atoms with van der Waals surface area (Å²) in [5.74, 6) is -5.82. The standard InChI is InChI=1S/C21H18F3N3O4/c1-10-4-12(25)8-26(10)17-7-19-13(6-15(17)23)20(28)14(21(29)30)9-27(19,31)18-3-2-11(22)5-16(18)24/h2-3,5-7,9-10,12H,4,8,25H2,1H3,(H,29,30)/t10-,12-,27?/m0/s1. The van der Waals surface area contributed by atoms with Crippen LogP contribution in [0.2, 0.25) is 0 Å². The molecule has 7 nitrogen and oxygen atoms in total. The Balaban J connectivity index is 1.99. The minimum Gasteiger partial charge on any atom is -0.617 e. The van der Waals surface area contributed by atoms with Crippen molar-refractivity contribution < 1.29 is 27.9 Å². The Bertz CT molecular complexity index is 1150. The second kappa shape index (κ2) is 7.19. The van der Waals surface area contributed by atoms with E-state index < -0.39 is 50.7 Å². The number of rotatable bonds is 3. The maximum Gasteiger partial charge on any atom is 0.345 e. The van der Waals surface area contributed by atoms with Crippen molar-refractivity contribution in [2.24, 2.45) is 5.73 Å². The van der Waals surface area contributed by atoms with E-state index in [1.54, 1.807) is 4.90 Å². The molecule has 0 aromatic heterocycles. The van der Waals surface area contributed by atoms with Crippen molar-refractivity contribution in [2.75, 3.05) is 11.4 Å². The average molecular weight is 433 g/mol. The van der Waals surface area contributed by atoms with Crippen LogP contribution in [0.25, 0.3) is 0 Å². The molecule has 2 aliphatic heterocycles. The van der Waals surface area contributed by atoms with Gasteiger partial charge in [-0.2, -0.15) is 0 Å². The number of hydrogen-bond acceptors (Lipinski definition) is 5. The second-order valence-electron chi connectivity index (χ2n) is 7.75. The molecule has 0 spiro atoms. The first-order chi connectivity index (χ1) is 14.5. The van der Waals surface area contributed by atoms with E-state index in [1.807, 2.05) is 6.92 Å². The van der Waals surface area contributed by atoms with Crippen molar-refractivity contribution >= 4 is 28.8 Å². The molecule has 1 unspecified atom stereocenters. The van der Waals surface area contributed by atoms with Crippen molar-refractivity contribution in [2.45, 2.75) is 25.4 Å². The van der Waals surface area contributed by atoms with E-state index in [9.17, 15) is 33.1 Å². The van der Waals surface area contributed by atoms with Crippen LogP contribution in [-0.4, -0.2) is 35.5 Å². The lowest BCUT2D eigenvalue weighted by atomic mass is 9.95. The van der Waals surface area contributed by atoms with E-state index in [2.05, 4.69) is 0 Å². The van der Waals surface area contributed by atoms with Gasteiger partial charge >= 0.3 is 5.97 Å². The molecule has 2 heterocycles. The average Bonchev–Trinajstić information content (AvgIpc) is 3.02. The number of carboxylic acids is 1. The third-order valence-corrected chi connectivity index (χ3v) is 5.64. The molecule has 0 radical (unpaired) electrons. The van der Waals surface area contributed by atoms with Crippen molar-refractivity contribution in [1.82, 2.24) is 4.65 Å². The molecule has 2 aromatic rings. The Kier molecular flexibility index (Phi) is 4.88. The SMILES string of the molecule is C[C@H]1C[C@H](N)CN1c1cc2c(cc1F)C(=O)C(C(=O)O)=C[N+]2([O-])c1ccc(F)cc1F. The van der Waals surface area contributed by atoms with E-state index in [-0.39, 0.29) is 23.5 Å². The molecular formula is C21H18F3N3O4. The monoisotopic (exact) mass is 433 g/mol. The lowest BCUT2D eigenvalue weighted by Gasteiger charge is -2.41. The Morgan fingerprint density at radius 1 is 1.19 bits per heavy atom. The summed E-state index contributed by atoms with van der Waals surface area (Å²) in [6, 6.07) is 3.68. The molecule has 0 bridgehead atoms. The van der Waals surface area contributed by atoms with Crippen molar-refractivity contribution in [3.63, 3.8) is 0 Å². The van der Waals surface area contributed by atoms with Gasteiger partial charge in [-0.3, -0.25) is 9.44 Å². The lowest BCUT2D eigenvalue weighted by Crippen LogP contribution is -2.40. The number of benzene rings is 2. The topological polar surface area (TPSA) is 107 Å². The number of carboxylic acid groups (broad SMARTS) is 1. The number of nitrogens with zero attached hydrogens (tertiary/aromatic N) is 2. The molecule has 31 heavy (non-hydrogen) atoms. The zero-order valence-corrected chi connectivity index (χ0v) is 16.3. The summed E-state index contributed by atoms with van der Waals surface area (Å²) in [6.45, 7) is 2.11. The quantitative estimate of drug-likeness (QED) is 0.437. The van der Waals surface area contributed by atoms with Gasteiger partial charge in [0.15, 0.2) is 22.8 Å². The van der Waals surface area contributed by atoms with Crippen LogP contribution in [0.1, 0.15) is 23.7 Å². The normalized spacial score (nSPS) is 25.4. The highest BCUT2D eigenvalue weighted by Crippen LogP contribution is 2.46. The van der Waals surface area contributed by atoms with E-state index in [0.29, 0.717) is 25.2 Å². The van der Waals surface area contributed by atoms with E-state index in [1.165, 1.54) is 0 Å². The Hall–Kier alpha value is -3.21. The van der Waals surface area contributed by atoms with Crippen LogP contribution in [0.3, 0.4) is 0 Å². The van der Waals surface area contributed by atoms with Crippen LogP contribution in [-0.2, 0) is 4.79 Å². The van der Waals surface area contributed by atoms with Crippen molar-refractivity contribution in [3.8, 4) is 0 Å². The molecule has 162 valence electrons. The van der Waals surface area contributed by atoms with Gasteiger partial charge < -0.3 is 20.9 Å². The second-order valence-corrected chi connectivity index (χ2v) is 7.75. The fourth-order valence-corrected chi connectivity index (χ4v) is 4.19. The first-order valence-electron chi connectivity index (χ1n) is 9.45. The summed E-state index contributed by atoms with van der Waals surface area (Å²) in [5.41, 5.74) is 3.48. The van der Waals surface area contributed by atoms with Gasteiger partial charge in [0.05, 0.1) is 11.3 Å². The van der Waals surface area contributed by atoms with Gasteiger partial charge in [0, 0.05) is 36.8 Å². The number of anilines is 1. The molecule has 3 atom stereocenters. The minimum atomic E-state index is -1.84. The van der Waals surface area contributed by atoms with Gasteiger partial charge in [0.25, 0.3) is 0 Å². The number of carbonyl (C=O) groups excluding carboxylic acids is 1. The molecule has 0 amide bonds. The molecule has 1 saturated heterocycles. The highest BCUT2D eigenvalue weighted by molar-refractivity contribution is 6.27. The number of hydrogen-bond donors (Lipinski definition) is 2. The van der Waals surface area contributed by atoms with Gasteiger partial charge in [-0.15, -0.1) is 0 Å². The number of hydroxylamine groups is 1. The summed E-state index contributed by atoms with van der Waals surface area (Å²) in [4.78, 5) is 25.9. The predicted molar refractivity (Wildman–Crippen MR) is 107 cm³/mol. The Labute approximate surface area is 175 Å². The highest BCUT2D eigenvalue weighted by Gasteiger charge is 2.42. The molecule has 0 saturated carbocycles. The smallest absolute Gasteiger partial charge is 0.345 e. The van der Waals surface area contributed by atoms with E-state index in [4.69, 9.17) is 5.73 Å². The van der Waals surface area contributed by atoms with Gasteiger partial charge in [-0.1, -0.05) is 0 Å². The molecule has 10 heteroatoms. The number of fused-ring (bicyclic) bond motifs is 1. The summed E-state index contributed by atoms with van der Waals surface area (Å²) in [7, 11) is 0. The molecule has 4 rings (SSSR count). The van der Waals surface area contributed by atoms with Crippen LogP contribution in [0.15, 0.2) is 42.1 Å². The number of halogens is 3. The van der Waals surface area contributed by atoms with Crippen LogP contribution in [0.4, 0.5) is 30.2 Å². The zero-order chi connectivity index (χ0) is 22.7. The number of aliphatic carboxylic acids is 1. The number of nitrogens with two attached hydrogens (primary N) is 1. The fourth-order valence-electron chi connectivity index (χ4n) is 4.19. The van der Waals surface area contributed by atoms with Crippen molar-refractivity contribution in [3.05, 3.63) is 70.3 Å². The summed E-state index contributed by atoms with van der Waals surface area (Å²) < 4.78 is 41.1. The largest absolute Gasteiger partial charge is 0.617 e. The summed E-state index contributed by atoms with van der Waals surface area (Å²) in [5, 5.41) is 23.3. The molecular weight excluding hydrogens is 415 g/mol. The molecule has 3 N–H and O–H groups in total. The number of Topliss-reactive ketones (excluding diaryl/α,β-unsaturated/α-hetero) is 1. The Morgan fingerprint density at radius 2 is 1.90 bits per heavy atom. The summed E-state index contributed by atoms with van der Waals surface area (Å²) >= 11 is 0. The minimum absolute atomic E-state index is 0.0138. The van der Waals surface area contributed by atoms with Gasteiger partial charge in [-0.05, 0) is 25.5 Å². The molecule has 2 aromatic carbocycles. The van der Waals surface area contributed by atoms with Crippen LogP contribution >= 0.6 is 0 Å². The van der Waals surface area contributed by atoms with Crippen LogP contribution < -0.4 is 15.3 Å². The van der Waals surface area contributed by atoms with Gasteiger partial charge in [0.1, 0.15) is 17.8 Å². The van der Waals surface area contributed by atoms with Gasteiger partial charge in [-0.25, -0.2) is 18.0 Å². The highest BCUT2D eigenvalue weighted by atomic mass is 19.1. The molecule has 1 fully saturated rings. The molecule has 2 aliphatic rings. The number of carbonyl (C=O) groups is 2. The van der Waals surface area contributed by atoms with Gasteiger partial charge in [0.2, 0.25) is 5.78 Å². The molecule has 0 aliphatic carbocycles. The number of ketones is 1. The Morgan fingerprint density at radius 3 is 2.48 bits per heavy atom. The van der Waals surface area contributed by atoms with Crippen LogP contribution in [0, 0.1) is 22.7 Å². The van der Waals surface area contributed by atoms with Crippen LogP contribution in [0.5, 0.6) is 0 Å². The maximum atomic E-state index is 15.0. The summed E-state index contributed by atoms with van der Waals surface area (Å²) in [6.07, 6.45) is 1.10. The number of quaternary nitrogens is 1. The third kappa shape index (κ3) is 3.29. The maximum absolute atomic E-state index is 15.0. The van der Waals surface area contributed by atoms with E-state index >= 15 is 0 Å². The zero-order valence-electron chi connectivity index (χ0n) is 16.3. The first kappa shape index (κ1) is 21.0. The predicted octanol–water partition coefficient (Wildman–Crippen LogP) is 3.33. The first-order valence-corrected chi connectivity index (χ1v) is 9.45. The lowest BCUT2D eigenvalue weighted by molar-refractivity contribution is -0.132. The van der Waals surface area contributed by atoms with E-state index in [0.717, 1.165) is 24.3 Å². The third-order valence-electron chi connectivity index (χ3n) is 5.64.